The Hall–Kier alpha value is -1.23. The lowest BCUT2D eigenvalue weighted by molar-refractivity contribution is -0.199. The molecule has 88 valence electrons. The second-order valence-corrected chi connectivity index (χ2v) is 3.45. The molecule has 0 unspecified atom stereocenters. The molecule has 0 aliphatic carbocycles. The molecule has 0 fully saturated rings. The molecule has 6 heteroatoms. The van der Waals surface area contributed by atoms with E-state index < -0.39 is 12.1 Å². The van der Waals surface area contributed by atoms with Crippen molar-refractivity contribution in [3.63, 3.8) is 0 Å². The van der Waals surface area contributed by atoms with Crippen LogP contribution >= 0.6 is 11.6 Å². The third-order valence-corrected chi connectivity index (χ3v) is 1.98. The van der Waals surface area contributed by atoms with Crippen molar-refractivity contribution < 1.29 is 22.7 Å². The number of halogens is 4. The third kappa shape index (κ3) is 4.10. The molecule has 0 spiro atoms. The van der Waals surface area contributed by atoms with Gasteiger partial charge in [0, 0.05) is 11.4 Å². The summed E-state index contributed by atoms with van der Waals surface area (Å²) in [5.41, 5.74) is 0.711. The Bertz CT molecular complexity index is 377. The lowest BCUT2D eigenvalue weighted by Crippen LogP contribution is -2.26. The van der Waals surface area contributed by atoms with Crippen LogP contribution in [-0.2, 0) is 16.0 Å². The van der Waals surface area contributed by atoms with Gasteiger partial charge in [0.05, 0.1) is 6.61 Å². The van der Waals surface area contributed by atoms with Crippen LogP contribution in [0.2, 0.25) is 5.02 Å². The van der Waals surface area contributed by atoms with E-state index in [2.05, 4.69) is 4.74 Å². The lowest BCUT2D eigenvalue weighted by atomic mass is 10.2. The summed E-state index contributed by atoms with van der Waals surface area (Å²) in [5, 5.41) is 0.486. The molecule has 0 saturated heterocycles. The first kappa shape index (κ1) is 12.8. The van der Waals surface area contributed by atoms with E-state index in [9.17, 15) is 18.0 Å². The summed E-state index contributed by atoms with van der Waals surface area (Å²) in [5.74, 6) is -2.17. The Morgan fingerprint density at radius 1 is 1.38 bits per heavy atom. The van der Waals surface area contributed by atoms with E-state index in [1.54, 1.807) is 24.3 Å². The van der Waals surface area contributed by atoms with Crippen molar-refractivity contribution in [1.82, 2.24) is 0 Å². The van der Waals surface area contributed by atoms with E-state index in [-0.39, 0.29) is 13.0 Å². The molecular formula is C10H8ClF3O2. The average molecular weight is 253 g/mol. The maximum absolute atomic E-state index is 11.7. The van der Waals surface area contributed by atoms with Crippen LogP contribution in [-0.4, -0.2) is 18.8 Å². The summed E-state index contributed by atoms with van der Waals surface area (Å²) in [6.45, 7) is -0.321. The van der Waals surface area contributed by atoms with E-state index >= 15 is 0 Å². The summed E-state index contributed by atoms with van der Waals surface area (Å²) in [6, 6.07) is 6.60. The fourth-order valence-corrected chi connectivity index (χ4v) is 1.25. The molecule has 0 bridgehead atoms. The molecule has 2 nitrogen and oxygen atoms in total. The highest BCUT2D eigenvalue weighted by molar-refractivity contribution is 6.30. The minimum absolute atomic E-state index is 0.197. The normalized spacial score (nSPS) is 11.2. The maximum Gasteiger partial charge on any atom is 0.490 e. The highest BCUT2D eigenvalue weighted by Crippen LogP contribution is 2.17. The summed E-state index contributed by atoms with van der Waals surface area (Å²) in [4.78, 5) is 10.3. The smallest absolute Gasteiger partial charge is 0.459 e. The number of carbonyl (C=O) groups excluding carboxylic acids is 1. The van der Waals surface area contributed by atoms with Gasteiger partial charge in [0.2, 0.25) is 0 Å². The summed E-state index contributed by atoms with van der Waals surface area (Å²) in [7, 11) is 0. The van der Waals surface area contributed by atoms with Crippen molar-refractivity contribution in [3.05, 3.63) is 34.9 Å². The van der Waals surface area contributed by atoms with E-state index in [4.69, 9.17) is 11.6 Å². The van der Waals surface area contributed by atoms with Gasteiger partial charge in [0.25, 0.3) is 0 Å². The zero-order valence-corrected chi connectivity index (χ0v) is 8.81. The quantitative estimate of drug-likeness (QED) is 0.773. The molecule has 0 aromatic heterocycles. The van der Waals surface area contributed by atoms with Crippen molar-refractivity contribution in [1.29, 1.82) is 0 Å². The fraction of sp³-hybridized carbons (Fsp3) is 0.300. The highest BCUT2D eigenvalue weighted by Gasteiger charge is 2.40. The zero-order valence-electron chi connectivity index (χ0n) is 8.05. The Labute approximate surface area is 95.0 Å². The van der Waals surface area contributed by atoms with Gasteiger partial charge in [-0.3, -0.25) is 0 Å². The van der Waals surface area contributed by atoms with Gasteiger partial charge in [-0.15, -0.1) is 0 Å². The van der Waals surface area contributed by atoms with Crippen molar-refractivity contribution in [2.24, 2.45) is 0 Å². The predicted octanol–water partition coefficient (Wildman–Crippen LogP) is 2.99. The molecule has 0 amide bonds. The zero-order chi connectivity index (χ0) is 12.2. The third-order valence-electron chi connectivity index (χ3n) is 1.74. The molecule has 0 aliphatic rings. The molecule has 0 aliphatic heterocycles. The van der Waals surface area contributed by atoms with Crippen LogP contribution in [0.5, 0.6) is 0 Å². The van der Waals surface area contributed by atoms with E-state index in [0.717, 1.165) is 0 Å². The number of alkyl halides is 3. The van der Waals surface area contributed by atoms with E-state index in [1.807, 2.05) is 0 Å². The van der Waals surface area contributed by atoms with Gasteiger partial charge in [-0.1, -0.05) is 23.7 Å². The number of hydrogen-bond donors (Lipinski definition) is 0. The predicted molar refractivity (Wildman–Crippen MR) is 52.2 cm³/mol. The number of benzene rings is 1. The Morgan fingerprint density at radius 3 is 2.62 bits per heavy atom. The largest absolute Gasteiger partial charge is 0.490 e. The lowest BCUT2D eigenvalue weighted by Gasteiger charge is -2.07. The molecule has 1 aromatic rings. The molecule has 0 radical (unpaired) electrons. The van der Waals surface area contributed by atoms with Gasteiger partial charge < -0.3 is 4.74 Å². The van der Waals surface area contributed by atoms with Crippen LogP contribution in [0.25, 0.3) is 0 Å². The van der Waals surface area contributed by atoms with Crippen LogP contribution in [0, 0.1) is 0 Å². The van der Waals surface area contributed by atoms with E-state index in [1.165, 1.54) is 0 Å². The molecule has 1 aromatic carbocycles. The standard InChI is InChI=1S/C10H8ClF3O2/c11-8-3-1-2-7(6-8)4-5-16-9(15)10(12,13)14/h1-3,6H,4-5H2. The Morgan fingerprint density at radius 2 is 2.06 bits per heavy atom. The first-order valence-corrected chi connectivity index (χ1v) is 4.76. The van der Waals surface area contributed by atoms with Gasteiger partial charge in [0.15, 0.2) is 0 Å². The van der Waals surface area contributed by atoms with Crippen molar-refractivity contribution in [2.75, 3.05) is 6.61 Å². The maximum atomic E-state index is 11.7. The van der Waals surface area contributed by atoms with Crippen LogP contribution in [0.3, 0.4) is 0 Å². The molecule has 0 atom stereocenters. The molecule has 1 rings (SSSR count). The average Bonchev–Trinajstić information content (AvgIpc) is 2.16. The number of rotatable bonds is 3. The topological polar surface area (TPSA) is 26.3 Å². The van der Waals surface area contributed by atoms with Gasteiger partial charge in [0.1, 0.15) is 0 Å². The Kier molecular flexibility index (Phi) is 4.18. The van der Waals surface area contributed by atoms with Crippen molar-refractivity contribution in [2.45, 2.75) is 12.6 Å². The number of hydrogen-bond acceptors (Lipinski definition) is 2. The van der Waals surface area contributed by atoms with Crippen LogP contribution in [0.15, 0.2) is 24.3 Å². The summed E-state index contributed by atoms with van der Waals surface area (Å²) in [6.07, 6.45) is -4.74. The number of carbonyl (C=O) groups is 1. The molecule has 0 saturated carbocycles. The minimum Gasteiger partial charge on any atom is -0.459 e. The second kappa shape index (κ2) is 5.21. The number of esters is 1. The first-order valence-electron chi connectivity index (χ1n) is 4.38. The van der Waals surface area contributed by atoms with Gasteiger partial charge in [-0.05, 0) is 17.7 Å². The van der Waals surface area contributed by atoms with Crippen molar-refractivity contribution >= 4 is 17.6 Å². The molecular weight excluding hydrogens is 245 g/mol. The molecule has 0 N–H and O–H groups in total. The monoisotopic (exact) mass is 252 g/mol. The SMILES string of the molecule is O=C(OCCc1cccc(Cl)c1)C(F)(F)F. The molecule has 16 heavy (non-hydrogen) atoms. The van der Waals surface area contributed by atoms with Gasteiger partial charge in [-0.25, -0.2) is 4.79 Å². The minimum atomic E-state index is -4.94. The highest BCUT2D eigenvalue weighted by atomic mass is 35.5. The first-order chi connectivity index (χ1) is 7.39. The summed E-state index contributed by atoms with van der Waals surface area (Å²) >= 11 is 5.67. The summed E-state index contributed by atoms with van der Waals surface area (Å²) < 4.78 is 39.3. The Balaban J connectivity index is 2.39. The second-order valence-electron chi connectivity index (χ2n) is 3.01. The fourth-order valence-electron chi connectivity index (χ4n) is 1.04. The van der Waals surface area contributed by atoms with E-state index in [0.29, 0.717) is 10.6 Å². The molecule has 0 heterocycles. The van der Waals surface area contributed by atoms with Crippen LogP contribution in [0.4, 0.5) is 13.2 Å². The van der Waals surface area contributed by atoms with Gasteiger partial charge in [-0.2, -0.15) is 13.2 Å². The van der Waals surface area contributed by atoms with Gasteiger partial charge >= 0.3 is 12.1 Å². The van der Waals surface area contributed by atoms with Crippen LogP contribution < -0.4 is 0 Å². The van der Waals surface area contributed by atoms with Crippen LogP contribution in [0.1, 0.15) is 5.56 Å². The van der Waals surface area contributed by atoms with Crippen molar-refractivity contribution in [3.8, 4) is 0 Å². The number of ether oxygens (including phenoxy) is 1.